The summed E-state index contributed by atoms with van der Waals surface area (Å²) >= 11 is 0. The number of aryl methyl sites for hydroxylation is 2. The van der Waals surface area contributed by atoms with Crippen molar-refractivity contribution in [1.29, 1.82) is 0 Å². The molecule has 0 saturated carbocycles. The first-order chi connectivity index (χ1) is 8.15. The first-order valence-corrected chi connectivity index (χ1v) is 5.14. The minimum Gasteiger partial charge on any atom is -0.382 e. The number of rotatable bonds is 1. The molecule has 0 aliphatic carbocycles. The number of nitrogen functional groups attached to an aromatic ring is 1. The fourth-order valence-corrected chi connectivity index (χ4v) is 1.67. The number of hydrogen-bond acceptors (Lipinski definition) is 5. The van der Waals surface area contributed by atoms with Crippen LogP contribution in [0.15, 0.2) is 18.6 Å². The molecule has 0 aromatic carbocycles. The van der Waals surface area contributed by atoms with Crippen LogP contribution in [0.4, 0.5) is 5.82 Å². The molecular weight excluding hydrogens is 218 g/mol. The molecule has 86 valence electrons. The minimum atomic E-state index is 0.507. The first-order valence-electron chi connectivity index (χ1n) is 5.14. The molecule has 0 amide bonds. The molecule has 0 saturated heterocycles. The van der Waals surface area contributed by atoms with E-state index in [2.05, 4.69) is 20.2 Å². The molecule has 0 atom stereocenters. The number of nitrogens with zero attached hydrogens (tertiary/aromatic N) is 6. The van der Waals surface area contributed by atoms with Gasteiger partial charge in [-0.15, -0.1) is 5.10 Å². The third-order valence-corrected chi connectivity index (χ3v) is 2.53. The Morgan fingerprint density at radius 2 is 2.12 bits per heavy atom. The highest BCUT2D eigenvalue weighted by molar-refractivity contribution is 5.42. The topological polar surface area (TPSA) is 86.9 Å². The molecule has 7 heteroatoms. The molecule has 0 radical (unpaired) electrons. The van der Waals surface area contributed by atoms with E-state index in [1.807, 2.05) is 26.1 Å². The van der Waals surface area contributed by atoms with E-state index in [0.29, 0.717) is 11.6 Å². The number of anilines is 1. The minimum absolute atomic E-state index is 0.507. The van der Waals surface area contributed by atoms with Crippen LogP contribution in [0.1, 0.15) is 11.3 Å². The van der Waals surface area contributed by atoms with Crippen LogP contribution in [0, 0.1) is 13.8 Å². The van der Waals surface area contributed by atoms with Crippen molar-refractivity contribution in [3.63, 3.8) is 0 Å². The molecule has 0 fully saturated rings. The van der Waals surface area contributed by atoms with E-state index >= 15 is 0 Å². The van der Waals surface area contributed by atoms with Crippen molar-refractivity contribution < 1.29 is 0 Å². The van der Waals surface area contributed by atoms with Crippen LogP contribution in [0.2, 0.25) is 0 Å². The highest BCUT2D eigenvalue weighted by Gasteiger charge is 2.09. The van der Waals surface area contributed by atoms with E-state index in [-0.39, 0.29) is 0 Å². The fourth-order valence-electron chi connectivity index (χ4n) is 1.67. The molecule has 7 nitrogen and oxygen atoms in total. The maximum absolute atomic E-state index is 5.74. The third-order valence-electron chi connectivity index (χ3n) is 2.53. The van der Waals surface area contributed by atoms with Crippen LogP contribution >= 0.6 is 0 Å². The molecule has 0 bridgehead atoms. The predicted molar refractivity (Wildman–Crippen MR) is 61.8 cm³/mol. The van der Waals surface area contributed by atoms with Crippen LogP contribution in [0.25, 0.3) is 11.6 Å². The monoisotopic (exact) mass is 229 g/mol. The lowest BCUT2D eigenvalue weighted by molar-refractivity contribution is 0.780. The van der Waals surface area contributed by atoms with E-state index in [1.165, 1.54) is 6.33 Å². The van der Waals surface area contributed by atoms with Crippen molar-refractivity contribution in [3.05, 3.63) is 29.8 Å². The van der Waals surface area contributed by atoms with Gasteiger partial charge in [0.2, 0.25) is 0 Å². The SMILES string of the molecule is Cc1cc(-n2cc(C)c(N)n2)n2ncnc2n1. The highest BCUT2D eigenvalue weighted by atomic mass is 15.4. The number of nitrogens with two attached hydrogens (primary N) is 1. The largest absolute Gasteiger partial charge is 0.382 e. The Morgan fingerprint density at radius 3 is 2.82 bits per heavy atom. The average Bonchev–Trinajstić information content (AvgIpc) is 2.85. The first kappa shape index (κ1) is 9.76. The number of fused-ring (bicyclic) bond motifs is 1. The summed E-state index contributed by atoms with van der Waals surface area (Å²) in [5.41, 5.74) is 7.52. The molecule has 3 rings (SSSR count). The van der Waals surface area contributed by atoms with Gasteiger partial charge >= 0.3 is 0 Å². The van der Waals surface area contributed by atoms with E-state index in [4.69, 9.17) is 5.73 Å². The lowest BCUT2D eigenvalue weighted by Gasteiger charge is -2.04. The molecule has 3 aromatic heterocycles. The van der Waals surface area contributed by atoms with Crippen molar-refractivity contribution >= 4 is 11.6 Å². The molecular formula is C10H11N7. The Morgan fingerprint density at radius 1 is 1.29 bits per heavy atom. The Kier molecular flexibility index (Phi) is 1.88. The van der Waals surface area contributed by atoms with Gasteiger partial charge in [-0.2, -0.15) is 14.6 Å². The maximum Gasteiger partial charge on any atom is 0.254 e. The molecule has 3 aromatic rings. The summed E-state index contributed by atoms with van der Waals surface area (Å²) in [6.07, 6.45) is 3.32. The fraction of sp³-hybridized carbons (Fsp3) is 0.200. The summed E-state index contributed by atoms with van der Waals surface area (Å²) in [6.45, 7) is 3.81. The lowest BCUT2D eigenvalue weighted by Crippen LogP contribution is -2.06. The summed E-state index contributed by atoms with van der Waals surface area (Å²) < 4.78 is 3.31. The van der Waals surface area contributed by atoms with Crippen LogP contribution in [0.5, 0.6) is 0 Å². The third kappa shape index (κ3) is 1.43. The molecule has 0 aliphatic rings. The number of aromatic nitrogens is 6. The normalized spacial score (nSPS) is 11.2. The van der Waals surface area contributed by atoms with E-state index in [0.717, 1.165) is 17.1 Å². The van der Waals surface area contributed by atoms with Gasteiger partial charge in [-0.3, -0.25) is 0 Å². The van der Waals surface area contributed by atoms with Crippen LogP contribution in [-0.4, -0.2) is 29.4 Å². The Balaban J connectivity index is 2.32. The molecule has 0 unspecified atom stereocenters. The van der Waals surface area contributed by atoms with Gasteiger partial charge < -0.3 is 5.73 Å². The van der Waals surface area contributed by atoms with Crippen LogP contribution < -0.4 is 5.73 Å². The zero-order chi connectivity index (χ0) is 12.0. The van der Waals surface area contributed by atoms with Gasteiger partial charge in [-0.1, -0.05) is 0 Å². The van der Waals surface area contributed by atoms with Gasteiger partial charge in [0.1, 0.15) is 12.1 Å². The average molecular weight is 229 g/mol. The zero-order valence-electron chi connectivity index (χ0n) is 9.49. The van der Waals surface area contributed by atoms with Crippen molar-refractivity contribution in [2.45, 2.75) is 13.8 Å². The van der Waals surface area contributed by atoms with Gasteiger partial charge in [0.05, 0.1) is 0 Å². The molecule has 17 heavy (non-hydrogen) atoms. The Bertz CT molecular complexity index is 674. The second-order valence-corrected chi connectivity index (χ2v) is 3.87. The van der Waals surface area contributed by atoms with E-state index < -0.39 is 0 Å². The smallest absolute Gasteiger partial charge is 0.254 e. The second-order valence-electron chi connectivity index (χ2n) is 3.87. The summed E-state index contributed by atoms with van der Waals surface area (Å²) in [4.78, 5) is 8.33. The van der Waals surface area contributed by atoms with Gasteiger partial charge in [0.15, 0.2) is 5.82 Å². The van der Waals surface area contributed by atoms with E-state index in [9.17, 15) is 0 Å². The molecule has 0 spiro atoms. The van der Waals surface area contributed by atoms with Crippen molar-refractivity contribution in [2.24, 2.45) is 0 Å². The summed E-state index contributed by atoms with van der Waals surface area (Å²) in [6, 6.07) is 1.88. The van der Waals surface area contributed by atoms with Crippen molar-refractivity contribution in [1.82, 2.24) is 29.4 Å². The second kappa shape index (κ2) is 3.27. The quantitative estimate of drug-likeness (QED) is 0.657. The van der Waals surface area contributed by atoms with Gasteiger partial charge in [-0.05, 0) is 13.8 Å². The molecule has 2 N–H and O–H groups in total. The summed E-state index contributed by atoms with van der Waals surface area (Å²) in [7, 11) is 0. The zero-order valence-corrected chi connectivity index (χ0v) is 9.49. The molecule has 0 aliphatic heterocycles. The van der Waals surface area contributed by atoms with Gasteiger partial charge in [-0.25, -0.2) is 9.67 Å². The van der Waals surface area contributed by atoms with Gasteiger partial charge in [0.25, 0.3) is 5.78 Å². The van der Waals surface area contributed by atoms with Crippen LogP contribution in [-0.2, 0) is 0 Å². The Hall–Kier alpha value is -2.44. The van der Waals surface area contributed by atoms with Crippen LogP contribution in [0.3, 0.4) is 0 Å². The molecule has 3 heterocycles. The standard InChI is InChI=1S/C10H11N7/c1-6-4-16(15-9(6)11)8-3-7(2)14-10-12-5-13-17(8)10/h3-5H,1-2H3,(H2,11,15). The van der Waals surface area contributed by atoms with E-state index in [1.54, 1.807) is 9.20 Å². The maximum atomic E-state index is 5.74. The summed E-state index contributed by atoms with van der Waals surface area (Å²) in [5, 5.41) is 8.35. The summed E-state index contributed by atoms with van der Waals surface area (Å²) in [5.74, 6) is 1.82. The lowest BCUT2D eigenvalue weighted by atomic mass is 10.4. The highest BCUT2D eigenvalue weighted by Crippen LogP contribution is 2.13. The number of hydrogen-bond donors (Lipinski definition) is 1. The Labute approximate surface area is 96.9 Å². The predicted octanol–water partition coefficient (Wildman–Crippen LogP) is 0.509. The van der Waals surface area contributed by atoms with Gasteiger partial charge in [0, 0.05) is 23.5 Å². The van der Waals surface area contributed by atoms with Crippen molar-refractivity contribution in [2.75, 3.05) is 5.73 Å². The van der Waals surface area contributed by atoms with Crippen molar-refractivity contribution in [3.8, 4) is 5.82 Å².